The van der Waals surface area contributed by atoms with E-state index in [-0.39, 0.29) is 0 Å². The minimum Gasteiger partial charge on any atom is -0.328 e. The van der Waals surface area contributed by atoms with Crippen LogP contribution in [0.4, 0.5) is 0 Å². The molecule has 28 heavy (non-hydrogen) atoms. The van der Waals surface area contributed by atoms with Crippen LogP contribution < -0.4 is 5.73 Å². The van der Waals surface area contributed by atoms with Gasteiger partial charge in [-0.1, -0.05) is 116 Å². The number of hydrogen-bond acceptors (Lipinski definition) is 1. The van der Waals surface area contributed by atoms with Crippen molar-refractivity contribution >= 4 is 0 Å². The molecule has 0 aliphatic carbocycles. The highest BCUT2D eigenvalue weighted by Gasteiger charge is 2.03. The van der Waals surface area contributed by atoms with E-state index < -0.39 is 0 Å². The summed E-state index contributed by atoms with van der Waals surface area (Å²) in [6.45, 7) is 6.89. The van der Waals surface area contributed by atoms with Crippen LogP contribution in [-0.2, 0) is 0 Å². The second-order valence-electron chi connectivity index (χ2n) is 9.16. The smallest absolute Gasteiger partial charge is 0.00388 e. The summed E-state index contributed by atoms with van der Waals surface area (Å²) in [5.74, 6) is 0.842. The van der Waals surface area contributed by atoms with Crippen molar-refractivity contribution in [2.24, 2.45) is 11.7 Å². The molecule has 0 heterocycles. The molecule has 0 aliphatic heterocycles. The van der Waals surface area contributed by atoms with Crippen LogP contribution in [0.3, 0.4) is 0 Å². The zero-order chi connectivity index (χ0) is 20.7. The van der Waals surface area contributed by atoms with E-state index in [1.807, 2.05) is 0 Å². The van der Waals surface area contributed by atoms with Gasteiger partial charge < -0.3 is 5.73 Å². The van der Waals surface area contributed by atoms with Gasteiger partial charge in [-0.15, -0.1) is 0 Å². The van der Waals surface area contributed by atoms with Gasteiger partial charge in [0.15, 0.2) is 0 Å². The van der Waals surface area contributed by atoms with Crippen LogP contribution in [0.2, 0.25) is 0 Å². The number of allylic oxidation sites excluding steroid dienone is 4. The molecule has 0 fully saturated rings. The first-order valence-corrected chi connectivity index (χ1v) is 12.7. The molecule has 1 atom stereocenters. The molecule has 0 aromatic carbocycles. The van der Waals surface area contributed by atoms with E-state index in [9.17, 15) is 0 Å². The predicted molar refractivity (Wildman–Crippen MR) is 130 cm³/mol. The lowest BCUT2D eigenvalue weighted by molar-refractivity contribution is 0.467. The van der Waals surface area contributed by atoms with E-state index in [1.165, 1.54) is 109 Å². The lowest BCUT2D eigenvalue weighted by Gasteiger charge is -2.11. The number of nitrogens with two attached hydrogens (primary N) is 1. The first-order valence-electron chi connectivity index (χ1n) is 12.7. The molecule has 0 amide bonds. The summed E-state index contributed by atoms with van der Waals surface area (Å²) in [7, 11) is 0. The zero-order valence-electron chi connectivity index (χ0n) is 19.8. The topological polar surface area (TPSA) is 26.0 Å². The Morgan fingerprint density at radius 1 is 0.571 bits per heavy atom. The summed E-state index contributed by atoms with van der Waals surface area (Å²) in [4.78, 5) is 0. The second-order valence-corrected chi connectivity index (χ2v) is 9.16. The number of unbranched alkanes of at least 4 members (excludes halogenated alkanes) is 11. The highest BCUT2D eigenvalue weighted by molar-refractivity contribution is 4.92. The lowest BCUT2D eigenvalue weighted by Crippen LogP contribution is -2.19. The van der Waals surface area contributed by atoms with E-state index in [0.29, 0.717) is 6.04 Å². The first-order chi connectivity index (χ1) is 13.7. The molecule has 1 nitrogen and oxygen atoms in total. The highest BCUT2D eigenvalue weighted by Crippen LogP contribution is 2.14. The largest absolute Gasteiger partial charge is 0.328 e. The predicted octanol–water partition coefficient (Wildman–Crippen LogP) is 9.12. The lowest BCUT2D eigenvalue weighted by atomic mass is 9.99. The Morgan fingerprint density at radius 2 is 1.04 bits per heavy atom. The van der Waals surface area contributed by atoms with Gasteiger partial charge in [-0.05, 0) is 50.9 Å². The van der Waals surface area contributed by atoms with E-state index in [2.05, 4.69) is 45.1 Å². The normalized spacial score (nSPS) is 13.3. The summed E-state index contributed by atoms with van der Waals surface area (Å²) in [5.41, 5.74) is 6.25. The van der Waals surface area contributed by atoms with Gasteiger partial charge in [-0.3, -0.25) is 0 Å². The van der Waals surface area contributed by atoms with Crippen molar-refractivity contribution in [2.75, 3.05) is 0 Å². The maximum atomic E-state index is 6.25. The van der Waals surface area contributed by atoms with Crippen molar-refractivity contribution < 1.29 is 0 Å². The molecule has 0 rings (SSSR count). The molecule has 0 aliphatic rings. The Kier molecular flexibility index (Phi) is 22.3. The molecule has 0 radical (unpaired) electrons. The quantitative estimate of drug-likeness (QED) is 0.153. The van der Waals surface area contributed by atoms with Gasteiger partial charge in [0.2, 0.25) is 0 Å². The van der Waals surface area contributed by atoms with Crippen molar-refractivity contribution in [1.82, 2.24) is 0 Å². The van der Waals surface area contributed by atoms with Gasteiger partial charge in [0.25, 0.3) is 0 Å². The molecule has 1 heteroatoms. The fraction of sp³-hybridized carbons (Fsp3) is 0.852. The van der Waals surface area contributed by atoms with Crippen LogP contribution >= 0.6 is 0 Å². The van der Waals surface area contributed by atoms with Crippen molar-refractivity contribution in [2.45, 2.75) is 142 Å². The van der Waals surface area contributed by atoms with Crippen LogP contribution in [0.25, 0.3) is 0 Å². The Labute approximate surface area is 178 Å². The van der Waals surface area contributed by atoms with Crippen LogP contribution in [-0.4, -0.2) is 6.04 Å². The molecule has 0 bridgehead atoms. The van der Waals surface area contributed by atoms with E-state index in [4.69, 9.17) is 5.73 Å². The minimum absolute atomic E-state index is 0.449. The van der Waals surface area contributed by atoms with Gasteiger partial charge in [0.1, 0.15) is 0 Å². The molecular formula is C27H53N. The third kappa shape index (κ3) is 23.5. The maximum Gasteiger partial charge on any atom is 0.00388 e. The molecule has 0 saturated heterocycles. The van der Waals surface area contributed by atoms with E-state index >= 15 is 0 Å². The summed E-state index contributed by atoms with van der Waals surface area (Å²) in [5, 5.41) is 0. The summed E-state index contributed by atoms with van der Waals surface area (Å²) >= 11 is 0. The van der Waals surface area contributed by atoms with Crippen LogP contribution in [0.1, 0.15) is 136 Å². The van der Waals surface area contributed by atoms with Gasteiger partial charge in [0, 0.05) is 6.04 Å². The maximum absolute atomic E-state index is 6.25. The van der Waals surface area contributed by atoms with Crippen molar-refractivity contribution in [1.29, 1.82) is 0 Å². The molecule has 0 aromatic heterocycles. The highest BCUT2D eigenvalue weighted by atomic mass is 14.6. The molecule has 166 valence electrons. The Bertz CT molecular complexity index is 342. The summed E-state index contributed by atoms with van der Waals surface area (Å²) < 4.78 is 0. The van der Waals surface area contributed by atoms with Gasteiger partial charge in [0.05, 0.1) is 0 Å². The van der Waals surface area contributed by atoms with Crippen LogP contribution in [0, 0.1) is 5.92 Å². The Balaban J connectivity index is 3.23. The fourth-order valence-electron chi connectivity index (χ4n) is 3.67. The first kappa shape index (κ1) is 27.4. The van der Waals surface area contributed by atoms with E-state index in [1.54, 1.807) is 0 Å². The van der Waals surface area contributed by atoms with Crippen molar-refractivity contribution in [3.8, 4) is 0 Å². The molecule has 0 spiro atoms. The number of rotatable bonds is 21. The van der Waals surface area contributed by atoms with Gasteiger partial charge >= 0.3 is 0 Å². The molecule has 0 aromatic rings. The monoisotopic (exact) mass is 391 g/mol. The van der Waals surface area contributed by atoms with Gasteiger partial charge in [-0.25, -0.2) is 0 Å². The van der Waals surface area contributed by atoms with Crippen LogP contribution in [0.5, 0.6) is 0 Å². The molecular weight excluding hydrogens is 338 g/mol. The Hall–Kier alpha value is -0.560. The molecule has 2 N–H and O–H groups in total. The van der Waals surface area contributed by atoms with Crippen molar-refractivity contribution in [3.05, 3.63) is 24.3 Å². The minimum atomic E-state index is 0.449. The van der Waals surface area contributed by atoms with E-state index in [0.717, 1.165) is 12.3 Å². The van der Waals surface area contributed by atoms with Crippen LogP contribution in [0.15, 0.2) is 24.3 Å². The second kappa shape index (κ2) is 22.7. The standard InChI is InChI=1S/C27H53N/c1-4-5-6-7-8-9-10-11-12-13-14-15-16-17-18-19-20-24-27(28)25-22-21-23-26(2)3/h8-9,11-12,26-27H,4-7,10,13-25,28H2,1-3H3. The average molecular weight is 392 g/mol. The number of hydrogen-bond donors (Lipinski definition) is 1. The average Bonchev–Trinajstić information content (AvgIpc) is 2.67. The SMILES string of the molecule is CCCCCC=CCC=CCCCCCCCCCC(N)CCCCC(C)C. The Morgan fingerprint density at radius 3 is 1.61 bits per heavy atom. The summed E-state index contributed by atoms with van der Waals surface area (Å²) in [6, 6.07) is 0.449. The summed E-state index contributed by atoms with van der Waals surface area (Å²) in [6.07, 6.45) is 33.2. The fourth-order valence-corrected chi connectivity index (χ4v) is 3.67. The zero-order valence-corrected chi connectivity index (χ0v) is 19.8. The molecule has 0 saturated carbocycles. The van der Waals surface area contributed by atoms with Crippen molar-refractivity contribution in [3.63, 3.8) is 0 Å². The van der Waals surface area contributed by atoms with Gasteiger partial charge in [-0.2, -0.15) is 0 Å². The molecule has 1 unspecified atom stereocenters. The third-order valence-corrected chi connectivity index (χ3v) is 5.63. The third-order valence-electron chi connectivity index (χ3n) is 5.63.